The van der Waals surface area contributed by atoms with Crippen molar-refractivity contribution in [2.75, 3.05) is 31.8 Å². The number of carbonyl (C=O) groups is 1. The van der Waals surface area contributed by atoms with E-state index in [1.807, 2.05) is 55.1 Å². The van der Waals surface area contributed by atoms with Gasteiger partial charge in [-0.2, -0.15) is 0 Å². The minimum atomic E-state index is -0.107. The van der Waals surface area contributed by atoms with Crippen molar-refractivity contribution in [1.82, 2.24) is 4.90 Å². The van der Waals surface area contributed by atoms with E-state index in [0.29, 0.717) is 6.54 Å². The number of thioether (sulfide) groups is 1. The van der Waals surface area contributed by atoms with E-state index in [2.05, 4.69) is 5.32 Å². The third-order valence-corrected chi connectivity index (χ3v) is 5.81. The molecule has 2 aromatic rings. The summed E-state index contributed by atoms with van der Waals surface area (Å²) in [7, 11) is 3.28. The molecule has 2 amide bonds. The number of benzene rings is 2. The van der Waals surface area contributed by atoms with Gasteiger partial charge in [0.25, 0.3) is 0 Å². The van der Waals surface area contributed by atoms with Crippen molar-refractivity contribution in [3.63, 3.8) is 0 Å². The summed E-state index contributed by atoms with van der Waals surface area (Å²) < 4.78 is 10.9. The number of methoxy groups -OCH3 is 2. The Kier molecular flexibility index (Phi) is 5.61. The van der Waals surface area contributed by atoms with Crippen LogP contribution >= 0.6 is 11.8 Å². The second-order valence-corrected chi connectivity index (χ2v) is 7.41. The Morgan fingerprint density at radius 3 is 2.54 bits per heavy atom. The first-order valence-corrected chi connectivity index (χ1v) is 9.57. The highest BCUT2D eigenvalue weighted by atomic mass is 32.2. The molecule has 1 aliphatic heterocycles. The fourth-order valence-corrected chi connectivity index (χ4v) is 4.43. The van der Waals surface area contributed by atoms with Crippen LogP contribution in [0.25, 0.3) is 0 Å². The van der Waals surface area contributed by atoms with Crippen LogP contribution in [0.5, 0.6) is 11.5 Å². The van der Waals surface area contributed by atoms with Gasteiger partial charge >= 0.3 is 6.03 Å². The molecule has 1 aliphatic rings. The molecule has 0 aliphatic carbocycles. The Hall–Kier alpha value is -2.34. The lowest BCUT2D eigenvalue weighted by Crippen LogP contribution is -2.34. The molecule has 0 bridgehead atoms. The lowest BCUT2D eigenvalue weighted by atomic mass is 10.1. The highest BCUT2D eigenvalue weighted by Crippen LogP contribution is 2.43. The fourth-order valence-electron chi connectivity index (χ4n) is 3.16. The zero-order valence-corrected chi connectivity index (χ0v) is 16.4. The van der Waals surface area contributed by atoms with Gasteiger partial charge < -0.3 is 19.7 Å². The second-order valence-electron chi connectivity index (χ2n) is 6.22. The number of ether oxygens (including phenoxy) is 2. The molecule has 1 saturated heterocycles. The summed E-state index contributed by atoms with van der Waals surface area (Å²) in [5.41, 5.74) is 3.94. The molecule has 3 rings (SSSR count). The number of anilines is 1. The van der Waals surface area contributed by atoms with Gasteiger partial charge in [-0.3, -0.25) is 0 Å². The Morgan fingerprint density at radius 1 is 1.15 bits per heavy atom. The van der Waals surface area contributed by atoms with Gasteiger partial charge in [0.15, 0.2) is 0 Å². The third-order valence-electron chi connectivity index (χ3n) is 4.57. The van der Waals surface area contributed by atoms with Crippen molar-refractivity contribution in [3.05, 3.63) is 53.1 Å². The van der Waals surface area contributed by atoms with Crippen molar-refractivity contribution in [2.45, 2.75) is 19.2 Å². The van der Waals surface area contributed by atoms with E-state index in [1.165, 1.54) is 0 Å². The molecule has 6 heteroatoms. The largest absolute Gasteiger partial charge is 0.497 e. The van der Waals surface area contributed by atoms with Crippen LogP contribution in [0.4, 0.5) is 10.5 Å². The van der Waals surface area contributed by atoms with E-state index < -0.39 is 0 Å². The van der Waals surface area contributed by atoms with Crippen LogP contribution in [0, 0.1) is 13.8 Å². The second kappa shape index (κ2) is 7.91. The Balaban J connectivity index is 1.88. The number of hydrogen-bond donors (Lipinski definition) is 1. The third kappa shape index (κ3) is 3.60. The topological polar surface area (TPSA) is 50.8 Å². The first-order chi connectivity index (χ1) is 12.5. The van der Waals surface area contributed by atoms with Gasteiger partial charge in [-0.05, 0) is 43.2 Å². The molecule has 1 N–H and O–H groups in total. The number of amides is 2. The molecule has 1 atom stereocenters. The van der Waals surface area contributed by atoms with Gasteiger partial charge in [-0.25, -0.2) is 4.79 Å². The van der Waals surface area contributed by atoms with Crippen molar-refractivity contribution in [3.8, 4) is 11.5 Å². The molecule has 0 saturated carbocycles. The maximum atomic E-state index is 13.0. The van der Waals surface area contributed by atoms with Crippen molar-refractivity contribution in [1.29, 1.82) is 0 Å². The molecular weight excluding hydrogens is 348 g/mol. The van der Waals surface area contributed by atoms with E-state index >= 15 is 0 Å². The summed E-state index contributed by atoms with van der Waals surface area (Å²) in [6, 6.07) is 11.6. The number of hydrogen-bond acceptors (Lipinski definition) is 4. The first kappa shape index (κ1) is 18.5. The molecule has 0 radical (unpaired) electrons. The summed E-state index contributed by atoms with van der Waals surface area (Å²) in [4.78, 5) is 14.8. The average Bonchev–Trinajstić information content (AvgIpc) is 3.14. The molecular formula is C20H24N2O3S. The van der Waals surface area contributed by atoms with Crippen molar-refractivity contribution < 1.29 is 14.3 Å². The van der Waals surface area contributed by atoms with Gasteiger partial charge in [0, 0.05) is 23.5 Å². The van der Waals surface area contributed by atoms with Crippen molar-refractivity contribution in [2.24, 2.45) is 0 Å². The monoisotopic (exact) mass is 372 g/mol. The Morgan fingerprint density at radius 2 is 1.88 bits per heavy atom. The summed E-state index contributed by atoms with van der Waals surface area (Å²) >= 11 is 1.73. The SMILES string of the molecule is COc1ccc(OC)c([C@@H]2SCCN2C(=O)Nc2c(C)cccc2C)c1. The molecule has 1 fully saturated rings. The van der Waals surface area contributed by atoms with Gasteiger partial charge in [0.2, 0.25) is 0 Å². The number of para-hydroxylation sites is 1. The van der Waals surface area contributed by atoms with E-state index in [9.17, 15) is 4.79 Å². The molecule has 5 nitrogen and oxygen atoms in total. The number of aryl methyl sites for hydroxylation is 2. The van der Waals surface area contributed by atoms with E-state index in [4.69, 9.17) is 9.47 Å². The average molecular weight is 372 g/mol. The number of nitrogens with zero attached hydrogens (tertiary/aromatic N) is 1. The van der Waals surface area contributed by atoms with E-state index in [-0.39, 0.29) is 11.4 Å². The fraction of sp³-hybridized carbons (Fsp3) is 0.350. The highest BCUT2D eigenvalue weighted by molar-refractivity contribution is 7.99. The maximum absolute atomic E-state index is 13.0. The Bertz CT molecular complexity index is 789. The van der Waals surface area contributed by atoms with Crippen LogP contribution in [0.1, 0.15) is 22.1 Å². The molecule has 138 valence electrons. The maximum Gasteiger partial charge on any atom is 0.323 e. The van der Waals surface area contributed by atoms with Crippen LogP contribution < -0.4 is 14.8 Å². The number of urea groups is 1. The molecule has 0 aromatic heterocycles. The summed E-state index contributed by atoms with van der Waals surface area (Å²) in [5.74, 6) is 2.39. The van der Waals surface area contributed by atoms with Gasteiger partial charge in [-0.1, -0.05) is 18.2 Å². The number of rotatable bonds is 4. The minimum Gasteiger partial charge on any atom is -0.497 e. The lowest BCUT2D eigenvalue weighted by Gasteiger charge is -2.26. The molecule has 2 aromatic carbocycles. The zero-order valence-electron chi connectivity index (χ0n) is 15.5. The van der Waals surface area contributed by atoms with Crippen LogP contribution in [0.2, 0.25) is 0 Å². The lowest BCUT2D eigenvalue weighted by molar-refractivity contribution is 0.213. The number of nitrogens with one attached hydrogen (secondary N) is 1. The summed E-state index contributed by atoms with van der Waals surface area (Å²) in [6.45, 7) is 4.69. The van der Waals surface area contributed by atoms with Crippen molar-refractivity contribution >= 4 is 23.5 Å². The molecule has 1 heterocycles. The van der Waals surface area contributed by atoms with E-state index in [1.54, 1.807) is 26.0 Å². The summed E-state index contributed by atoms with van der Waals surface area (Å²) in [6.07, 6.45) is 0. The zero-order chi connectivity index (χ0) is 18.7. The quantitative estimate of drug-likeness (QED) is 0.852. The Labute approximate surface area is 158 Å². The predicted molar refractivity (Wildman–Crippen MR) is 106 cm³/mol. The molecule has 26 heavy (non-hydrogen) atoms. The van der Waals surface area contributed by atoms with Gasteiger partial charge in [0.1, 0.15) is 16.9 Å². The molecule has 0 spiro atoms. The normalized spacial score (nSPS) is 16.5. The first-order valence-electron chi connectivity index (χ1n) is 8.52. The van der Waals surface area contributed by atoms with Gasteiger partial charge in [0.05, 0.1) is 14.2 Å². The highest BCUT2D eigenvalue weighted by Gasteiger charge is 2.33. The van der Waals surface area contributed by atoms with E-state index in [0.717, 1.165) is 39.6 Å². The number of carbonyl (C=O) groups excluding carboxylic acids is 1. The van der Waals surface area contributed by atoms with Crippen LogP contribution in [0.3, 0.4) is 0 Å². The van der Waals surface area contributed by atoms with Gasteiger partial charge in [-0.15, -0.1) is 11.8 Å². The van der Waals surface area contributed by atoms with Crippen LogP contribution in [-0.4, -0.2) is 37.4 Å². The predicted octanol–water partition coefficient (Wildman–Crippen LogP) is 4.60. The van der Waals surface area contributed by atoms with Crippen LogP contribution in [0.15, 0.2) is 36.4 Å². The molecule has 0 unspecified atom stereocenters. The minimum absolute atomic E-state index is 0.0951. The standard InChI is InChI=1S/C20H24N2O3S/c1-13-6-5-7-14(2)18(13)21-20(23)22-10-11-26-19(22)16-12-15(24-3)8-9-17(16)25-4/h5-9,12,19H,10-11H2,1-4H3,(H,21,23)/t19-/m0/s1. The smallest absolute Gasteiger partial charge is 0.323 e. The summed E-state index contributed by atoms with van der Waals surface area (Å²) in [5, 5.41) is 2.98. The van der Waals surface area contributed by atoms with Crippen LogP contribution in [-0.2, 0) is 0 Å².